The molecule has 0 radical (unpaired) electrons. The maximum Gasteiger partial charge on any atom is 0.266 e. The number of imidazole rings is 1. The predicted octanol–water partition coefficient (Wildman–Crippen LogP) is 2.77. The van der Waals surface area contributed by atoms with Crippen LogP contribution in [0.2, 0.25) is 0 Å². The van der Waals surface area contributed by atoms with Crippen LogP contribution in [0.3, 0.4) is 0 Å². The number of hydrogen-bond donors (Lipinski definition) is 1. The van der Waals surface area contributed by atoms with Crippen molar-refractivity contribution in [3.8, 4) is 5.75 Å². The van der Waals surface area contributed by atoms with Crippen molar-refractivity contribution in [1.29, 1.82) is 0 Å². The summed E-state index contributed by atoms with van der Waals surface area (Å²) in [6.45, 7) is 9.46. The minimum Gasteiger partial charge on any atom is -0.478 e. The number of amides is 1. The van der Waals surface area contributed by atoms with E-state index in [0.29, 0.717) is 18.8 Å². The molecule has 0 saturated carbocycles. The van der Waals surface area contributed by atoms with E-state index in [1.807, 2.05) is 71.0 Å². The summed E-state index contributed by atoms with van der Waals surface area (Å²) < 4.78 is 6.02. The summed E-state index contributed by atoms with van der Waals surface area (Å²) in [5.74, 6) is 0.639. The van der Waals surface area contributed by atoms with Gasteiger partial charge in [0, 0.05) is 18.8 Å². The summed E-state index contributed by atoms with van der Waals surface area (Å²) in [7, 11) is 3.99. The molecule has 0 aliphatic heterocycles. The van der Waals surface area contributed by atoms with Crippen LogP contribution in [0.5, 0.6) is 5.75 Å². The average Bonchev–Trinajstić information content (AvgIpc) is 2.97. The normalized spacial score (nSPS) is 11.7. The summed E-state index contributed by atoms with van der Waals surface area (Å²) in [4.78, 5) is 24.5. The maximum absolute atomic E-state index is 13.2. The number of likely N-dealkylation sites (N-methyl/N-ethyl adjacent to an activating group) is 1. The van der Waals surface area contributed by atoms with Crippen molar-refractivity contribution < 1.29 is 9.53 Å². The number of aryl methyl sites for hydroxylation is 2. The van der Waals surface area contributed by atoms with E-state index in [-0.39, 0.29) is 5.91 Å². The second-order valence-corrected chi connectivity index (χ2v) is 7.43. The van der Waals surface area contributed by atoms with E-state index in [9.17, 15) is 4.79 Å². The van der Waals surface area contributed by atoms with E-state index in [2.05, 4.69) is 14.9 Å². The topological polar surface area (TPSA) is 61.5 Å². The first kappa shape index (κ1) is 20.0. The Balaban J connectivity index is 2.16. The van der Waals surface area contributed by atoms with Crippen molar-refractivity contribution in [1.82, 2.24) is 19.8 Å². The van der Waals surface area contributed by atoms with Crippen molar-refractivity contribution >= 4 is 5.91 Å². The second kappa shape index (κ2) is 8.36. The highest BCUT2D eigenvalue weighted by molar-refractivity contribution is 5.84. The SMILES string of the molecule is Cc1ccc(OC(C)(C)C(=O)N(CCN(C)C)Cc2nc[nH]c2C)cc1. The van der Waals surface area contributed by atoms with Gasteiger partial charge >= 0.3 is 0 Å². The molecule has 0 bridgehead atoms. The molecule has 1 heterocycles. The van der Waals surface area contributed by atoms with Crippen molar-refractivity contribution in [2.45, 2.75) is 39.8 Å². The lowest BCUT2D eigenvalue weighted by Gasteiger charge is -2.33. The zero-order valence-electron chi connectivity index (χ0n) is 16.7. The van der Waals surface area contributed by atoms with E-state index in [0.717, 1.165) is 23.5 Å². The molecular weight excluding hydrogens is 328 g/mol. The zero-order valence-corrected chi connectivity index (χ0v) is 16.7. The van der Waals surface area contributed by atoms with Gasteiger partial charge in [-0.15, -0.1) is 0 Å². The molecule has 1 aromatic heterocycles. The molecule has 0 saturated heterocycles. The second-order valence-electron chi connectivity index (χ2n) is 7.43. The fourth-order valence-corrected chi connectivity index (χ4v) is 2.63. The number of carbonyl (C=O) groups excluding carboxylic acids is 1. The zero-order chi connectivity index (χ0) is 19.3. The van der Waals surface area contributed by atoms with Crippen molar-refractivity contribution in [2.75, 3.05) is 27.2 Å². The Morgan fingerprint density at radius 1 is 1.15 bits per heavy atom. The fourth-order valence-electron chi connectivity index (χ4n) is 2.63. The van der Waals surface area contributed by atoms with Gasteiger partial charge in [0.15, 0.2) is 5.60 Å². The van der Waals surface area contributed by atoms with Gasteiger partial charge in [-0.25, -0.2) is 4.98 Å². The van der Waals surface area contributed by atoms with Crippen LogP contribution in [0.4, 0.5) is 0 Å². The lowest BCUT2D eigenvalue weighted by atomic mass is 10.1. The standard InChI is InChI=1S/C20H30N4O2/c1-15-7-9-17(10-8-15)26-20(3,4)19(25)24(12-11-23(5)6)13-18-16(2)21-14-22-18/h7-10,14H,11-13H2,1-6H3,(H,21,22). The quantitative estimate of drug-likeness (QED) is 0.788. The summed E-state index contributed by atoms with van der Waals surface area (Å²) >= 11 is 0. The van der Waals surface area contributed by atoms with Crippen LogP contribution in [-0.2, 0) is 11.3 Å². The number of nitrogens with zero attached hydrogens (tertiary/aromatic N) is 3. The molecule has 6 heteroatoms. The smallest absolute Gasteiger partial charge is 0.266 e. The Bertz CT molecular complexity index is 720. The number of hydrogen-bond acceptors (Lipinski definition) is 4. The van der Waals surface area contributed by atoms with E-state index in [1.165, 1.54) is 0 Å². The minimum absolute atomic E-state index is 0.0534. The highest BCUT2D eigenvalue weighted by Crippen LogP contribution is 2.22. The first-order chi connectivity index (χ1) is 12.2. The number of aromatic nitrogens is 2. The molecule has 6 nitrogen and oxygen atoms in total. The Labute approximate surface area is 156 Å². The highest BCUT2D eigenvalue weighted by atomic mass is 16.5. The molecule has 0 aliphatic rings. The summed E-state index contributed by atoms with van der Waals surface area (Å²) in [6, 6.07) is 7.75. The van der Waals surface area contributed by atoms with Crippen LogP contribution in [0.1, 0.15) is 30.8 Å². The molecular formula is C20H30N4O2. The van der Waals surface area contributed by atoms with Gasteiger partial charge in [0.25, 0.3) is 5.91 Å². The monoisotopic (exact) mass is 358 g/mol. The highest BCUT2D eigenvalue weighted by Gasteiger charge is 2.34. The molecule has 142 valence electrons. The van der Waals surface area contributed by atoms with Crippen LogP contribution in [0, 0.1) is 13.8 Å². The van der Waals surface area contributed by atoms with Gasteiger partial charge in [-0.1, -0.05) is 17.7 Å². The average molecular weight is 358 g/mol. The third-order valence-electron chi connectivity index (χ3n) is 4.29. The van der Waals surface area contributed by atoms with Crippen molar-refractivity contribution in [3.63, 3.8) is 0 Å². The van der Waals surface area contributed by atoms with Gasteiger partial charge in [-0.2, -0.15) is 0 Å². The van der Waals surface area contributed by atoms with E-state index >= 15 is 0 Å². The van der Waals surface area contributed by atoms with Crippen molar-refractivity contribution in [2.24, 2.45) is 0 Å². The van der Waals surface area contributed by atoms with Gasteiger partial charge in [0.2, 0.25) is 0 Å². The maximum atomic E-state index is 13.2. The first-order valence-corrected chi connectivity index (χ1v) is 8.87. The largest absolute Gasteiger partial charge is 0.478 e. The lowest BCUT2D eigenvalue weighted by molar-refractivity contribution is -0.146. The van der Waals surface area contributed by atoms with Gasteiger partial charge in [0.05, 0.1) is 18.6 Å². The molecule has 0 unspecified atom stereocenters. The van der Waals surface area contributed by atoms with Crippen LogP contribution in [0.15, 0.2) is 30.6 Å². The van der Waals surface area contributed by atoms with Crippen LogP contribution in [0.25, 0.3) is 0 Å². The summed E-state index contributed by atoms with van der Waals surface area (Å²) in [5, 5.41) is 0. The van der Waals surface area contributed by atoms with Gasteiger partial charge in [-0.3, -0.25) is 4.79 Å². The van der Waals surface area contributed by atoms with E-state index in [4.69, 9.17) is 4.74 Å². The lowest BCUT2D eigenvalue weighted by Crippen LogP contribution is -2.50. The molecule has 1 aromatic carbocycles. The van der Waals surface area contributed by atoms with Gasteiger partial charge < -0.3 is 19.5 Å². The number of ether oxygens (including phenoxy) is 1. The Kier molecular flexibility index (Phi) is 6.42. The Morgan fingerprint density at radius 3 is 2.35 bits per heavy atom. The number of H-pyrrole nitrogens is 1. The molecule has 0 atom stereocenters. The van der Waals surface area contributed by atoms with Crippen LogP contribution < -0.4 is 4.74 Å². The van der Waals surface area contributed by atoms with Crippen LogP contribution >= 0.6 is 0 Å². The number of carbonyl (C=O) groups is 1. The van der Waals surface area contributed by atoms with Gasteiger partial charge in [-0.05, 0) is 53.9 Å². The molecule has 0 fully saturated rings. The third kappa shape index (κ3) is 5.33. The summed E-state index contributed by atoms with van der Waals surface area (Å²) in [6.07, 6.45) is 1.66. The van der Waals surface area contributed by atoms with E-state index in [1.54, 1.807) is 6.33 Å². The van der Waals surface area contributed by atoms with Crippen LogP contribution in [-0.4, -0.2) is 58.5 Å². The molecule has 2 rings (SSSR count). The molecule has 2 aromatic rings. The number of nitrogens with one attached hydrogen (secondary N) is 1. The predicted molar refractivity (Wildman–Crippen MR) is 103 cm³/mol. The number of aromatic amines is 1. The molecule has 1 amide bonds. The fraction of sp³-hybridized carbons (Fsp3) is 0.500. The minimum atomic E-state index is -0.966. The van der Waals surface area contributed by atoms with E-state index < -0.39 is 5.60 Å². The number of benzene rings is 1. The third-order valence-corrected chi connectivity index (χ3v) is 4.29. The first-order valence-electron chi connectivity index (χ1n) is 8.87. The Hall–Kier alpha value is -2.34. The van der Waals surface area contributed by atoms with Gasteiger partial charge in [0.1, 0.15) is 5.75 Å². The summed E-state index contributed by atoms with van der Waals surface area (Å²) in [5.41, 5.74) is 2.04. The molecule has 0 spiro atoms. The molecule has 0 aliphatic carbocycles. The molecule has 26 heavy (non-hydrogen) atoms. The Morgan fingerprint density at radius 2 is 1.81 bits per heavy atom. The van der Waals surface area contributed by atoms with Crippen molar-refractivity contribution in [3.05, 3.63) is 47.5 Å². The number of rotatable bonds is 8. The molecule has 1 N–H and O–H groups in total.